The van der Waals surface area contributed by atoms with Crippen LogP contribution in [0.25, 0.3) is 16.6 Å². The molecule has 4 rings (SSSR count). The summed E-state index contributed by atoms with van der Waals surface area (Å²) in [6.45, 7) is 0. The monoisotopic (exact) mass is 538 g/mol. The number of hydrogen-bond acceptors (Lipinski definition) is 10. The van der Waals surface area contributed by atoms with Crippen LogP contribution in [0.15, 0.2) is 68.6 Å². The minimum atomic E-state index is -4.25. The zero-order valence-electron chi connectivity index (χ0n) is 17.6. The van der Waals surface area contributed by atoms with Gasteiger partial charge in [0.2, 0.25) is 5.88 Å². The first-order valence-electron chi connectivity index (χ1n) is 9.49. The van der Waals surface area contributed by atoms with Crippen molar-refractivity contribution in [3.63, 3.8) is 0 Å². The number of urea groups is 1. The largest absolute Gasteiger partial charge is 0.494 e. The molecular weight excluding hydrogens is 523 g/mol. The summed E-state index contributed by atoms with van der Waals surface area (Å²) >= 11 is 1.29. The molecule has 11 nitrogen and oxygen atoms in total. The Hall–Kier alpha value is -3.50. The van der Waals surface area contributed by atoms with E-state index in [1.54, 1.807) is 22.9 Å². The van der Waals surface area contributed by atoms with Crippen molar-refractivity contribution in [2.75, 3.05) is 12.4 Å². The lowest BCUT2D eigenvalue weighted by atomic mass is 10.1. The van der Waals surface area contributed by atoms with Crippen molar-refractivity contribution in [1.82, 2.24) is 14.3 Å². The maximum absolute atomic E-state index is 13.1. The minimum absolute atomic E-state index is 0.0493. The van der Waals surface area contributed by atoms with Crippen LogP contribution in [0.5, 0.6) is 5.88 Å². The molecule has 0 saturated carbocycles. The van der Waals surface area contributed by atoms with Gasteiger partial charge in [-0.1, -0.05) is 17.4 Å². The maximum Gasteiger partial charge on any atom is 0.333 e. The predicted molar refractivity (Wildman–Crippen MR) is 127 cm³/mol. The van der Waals surface area contributed by atoms with E-state index in [2.05, 4.69) is 15.2 Å². The molecule has 0 bridgehead atoms. The van der Waals surface area contributed by atoms with E-state index in [1.807, 2.05) is 0 Å². The highest BCUT2D eigenvalue weighted by Crippen LogP contribution is 2.30. The summed E-state index contributed by atoms with van der Waals surface area (Å²) in [7, 11) is -2.90. The van der Waals surface area contributed by atoms with Crippen molar-refractivity contribution in [2.45, 2.75) is 9.10 Å². The molecule has 3 heterocycles. The first-order valence-corrected chi connectivity index (χ1v) is 12.5. The van der Waals surface area contributed by atoms with E-state index >= 15 is 0 Å². The van der Waals surface area contributed by atoms with Gasteiger partial charge in [0.1, 0.15) is 10.0 Å². The lowest BCUT2D eigenvalue weighted by Gasteiger charge is -2.12. The summed E-state index contributed by atoms with van der Waals surface area (Å²) in [5.74, 6) is -0.319. The Bertz CT molecular complexity index is 1570. The second-order valence-corrected chi connectivity index (χ2v) is 10.4. The van der Waals surface area contributed by atoms with Gasteiger partial charge in [-0.25, -0.2) is 32.4 Å². The number of halogens is 1. The van der Waals surface area contributed by atoms with Crippen LogP contribution in [0.3, 0.4) is 0 Å². The highest BCUT2D eigenvalue weighted by molar-refractivity contribution is 7.94. The SMILES string of the molecule is COOSc1ccc2cc(=O)n(-c3ccc(NC(=O)NS(=O)(=O)c4ccc(F)s4)cn3)c(O)c2c1. The van der Waals surface area contributed by atoms with Crippen LogP contribution in [0, 0.1) is 5.13 Å². The molecule has 3 aromatic heterocycles. The lowest BCUT2D eigenvalue weighted by molar-refractivity contribution is -0.160. The van der Waals surface area contributed by atoms with Gasteiger partial charge in [0.05, 0.1) is 31.0 Å². The average Bonchev–Trinajstić information content (AvgIpc) is 3.26. The van der Waals surface area contributed by atoms with Crippen molar-refractivity contribution >= 4 is 55.9 Å². The smallest absolute Gasteiger partial charge is 0.333 e. The molecule has 0 aliphatic rings. The van der Waals surface area contributed by atoms with E-state index in [4.69, 9.17) is 4.33 Å². The highest BCUT2D eigenvalue weighted by atomic mass is 32.2. The molecule has 35 heavy (non-hydrogen) atoms. The van der Waals surface area contributed by atoms with Crippen LogP contribution in [-0.2, 0) is 19.2 Å². The van der Waals surface area contributed by atoms with Crippen molar-refractivity contribution in [3.8, 4) is 11.7 Å². The molecule has 182 valence electrons. The summed E-state index contributed by atoms with van der Waals surface area (Å²) in [6.07, 6.45) is 1.17. The van der Waals surface area contributed by atoms with Gasteiger partial charge >= 0.3 is 6.03 Å². The third-order valence-corrected chi connectivity index (χ3v) is 7.80. The Labute approximate surface area is 205 Å². The Morgan fingerprint density at radius 3 is 2.66 bits per heavy atom. The Kier molecular flexibility index (Phi) is 7.04. The van der Waals surface area contributed by atoms with Gasteiger partial charge in [0.25, 0.3) is 15.6 Å². The number of pyridine rings is 2. The molecule has 0 spiro atoms. The third-order valence-electron chi connectivity index (χ3n) is 4.45. The maximum atomic E-state index is 13.1. The zero-order chi connectivity index (χ0) is 25.2. The average molecular weight is 539 g/mol. The van der Waals surface area contributed by atoms with E-state index < -0.39 is 26.7 Å². The van der Waals surface area contributed by atoms with E-state index in [1.165, 1.54) is 31.5 Å². The number of carbonyl (C=O) groups excluding carboxylic acids is 1. The molecule has 15 heteroatoms. The Morgan fingerprint density at radius 1 is 1.20 bits per heavy atom. The molecule has 0 unspecified atom stereocenters. The van der Waals surface area contributed by atoms with Crippen LogP contribution < -0.4 is 15.6 Å². The molecule has 2 amide bonds. The van der Waals surface area contributed by atoms with E-state index in [0.717, 1.165) is 28.7 Å². The van der Waals surface area contributed by atoms with Crippen molar-refractivity contribution < 1.29 is 31.9 Å². The second-order valence-electron chi connectivity index (χ2n) is 6.73. The molecule has 0 aliphatic heterocycles. The van der Waals surface area contributed by atoms with E-state index in [9.17, 15) is 27.5 Å². The van der Waals surface area contributed by atoms with E-state index in [0.29, 0.717) is 27.0 Å². The first-order chi connectivity index (χ1) is 16.7. The quantitative estimate of drug-likeness (QED) is 0.183. The van der Waals surface area contributed by atoms with Crippen molar-refractivity contribution in [1.29, 1.82) is 0 Å². The fourth-order valence-corrected chi connectivity index (χ4v) is 5.33. The van der Waals surface area contributed by atoms with Gasteiger partial charge in [-0.3, -0.25) is 4.79 Å². The number of hydrogen-bond donors (Lipinski definition) is 3. The van der Waals surface area contributed by atoms with Gasteiger partial charge in [-0.05, 0) is 41.8 Å². The number of benzene rings is 1. The predicted octanol–water partition coefficient (Wildman–Crippen LogP) is 3.39. The van der Waals surface area contributed by atoms with Crippen LogP contribution in [0.1, 0.15) is 0 Å². The normalized spacial score (nSPS) is 11.5. The number of aromatic nitrogens is 2. The topological polar surface area (TPSA) is 149 Å². The fourth-order valence-electron chi connectivity index (χ4n) is 2.99. The highest BCUT2D eigenvalue weighted by Gasteiger charge is 2.20. The van der Waals surface area contributed by atoms with Gasteiger partial charge in [0.15, 0.2) is 5.13 Å². The van der Waals surface area contributed by atoms with Crippen molar-refractivity contribution in [2.24, 2.45) is 0 Å². The van der Waals surface area contributed by atoms with Gasteiger partial charge < -0.3 is 10.4 Å². The van der Waals surface area contributed by atoms with Gasteiger partial charge in [0, 0.05) is 16.3 Å². The van der Waals surface area contributed by atoms with Gasteiger partial charge in [-0.2, -0.15) is 8.72 Å². The molecule has 0 aliphatic carbocycles. The van der Waals surface area contributed by atoms with Crippen molar-refractivity contribution in [3.05, 3.63) is 70.2 Å². The number of sulfonamides is 1. The molecule has 3 N–H and O–H groups in total. The number of anilines is 1. The molecule has 0 fully saturated rings. The molecular formula is C20H15FN4O7S3. The summed E-state index contributed by atoms with van der Waals surface area (Å²) < 4.78 is 44.5. The first kappa shape index (κ1) is 24.6. The number of nitrogens with one attached hydrogen (secondary N) is 2. The molecule has 1 aromatic carbocycles. The number of thiophene rings is 1. The van der Waals surface area contributed by atoms with Crippen LogP contribution in [0.4, 0.5) is 14.9 Å². The van der Waals surface area contributed by atoms with Crippen LogP contribution in [-0.4, -0.2) is 36.2 Å². The molecule has 0 atom stereocenters. The van der Waals surface area contributed by atoms with Gasteiger partial charge in [-0.15, -0.1) is 0 Å². The summed E-state index contributed by atoms with van der Waals surface area (Å²) in [5, 5.41) is 13.2. The summed E-state index contributed by atoms with van der Waals surface area (Å²) in [4.78, 5) is 33.9. The molecule has 4 aromatic rings. The minimum Gasteiger partial charge on any atom is -0.494 e. The Morgan fingerprint density at radius 2 is 2.00 bits per heavy atom. The van der Waals surface area contributed by atoms with Crippen LogP contribution in [0.2, 0.25) is 0 Å². The summed E-state index contributed by atoms with van der Waals surface area (Å²) in [5.41, 5.74) is -0.452. The number of carbonyl (C=O) groups is 1. The number of amides is 2. The van der Waals surface area contributed by atoms with E-state index in [-0.39, 0.29) is 21.6 Å². The Balaban J connectivity index is 1.55. The fraction of sp³-hybridized carbons (Fsp3) is 0.0500. The summed E-state index contributed by atoms with van der Waals surface area (Å²) in [6, 6.07) is 9.86. The standard InChI is InChI=1S/C20H15FN4O7S3/c1-31-32-34-13-4-2-11-8-17(26)25(19(27)14(11)9-13)16-6-3-12(10-22-16)23-20(28)24-35(29,30)18-7-5-15(21)33-18/h2-10,27H,1H3,(H2,23,24,28). The molecule has 0 saturated heterocycles. The number of aromatic hydroxyl groups is 1. The lowest BCUT2D eigenvalue weighted by Crippen LogP contribution is -2.34. The number of rotatable bonds is 7. The van der Waals surface area contributed by atoms with Crippen LogP contribution >= 0.6 is 23.4 Å². The zero-order valence-corrected chi connectivity index (χ0v) is 20.0. The molecule has 0 radical (unpaired) electrons. The third kappa shape index (κ3) is 5.44. The number of nitrogens with zero attached hydrogens (tertiary/aromatic N) is 2. The number of fused-ring (bicyclic) bond motifs is 1. The second kappa shape index (κ2) is 10.0.